The molecule has 0 aliphatic carbocycles. The van der Waals surface area contributed by atoms with Gasteiger partial charge in [0.1, 0.15) is 0 Å². The summed E-state index contributed by atoms with van der Waals surface area (Å²) in [5.41, 5.74) is 0.938. The van der Waals surface area contributed by atoms with E-state index < -0.39 is 0 Å². The predicted molar refractivity (Wildman–Crippen MR) is 41.0 cm³/mol. The van der Waals surface area contributed by atoms with Crippen molar-refractivity contribution in [1.29, 1.82) is 0 Å². The Kier molecular flexibility index (Phi) is 2.59. The molecule has 4 heteroatoms. The number of aliphatic hydroxyl groups excluding tert-OH is 1. The molecule has 0 aromatic carbocycles. The number of aryl methyl sites for hydroxylation is 2. The Bertz CT molecular complexity index is 219. The predicted octanol–water partition coefficient (Wildman–Crippen LogP) is 0.128. The van der Waals surface area contributed by atoms with Gasteiger partial charge in [0.25, 0.3) is 0 Å². The van der Waals surface area contributed by atoms with Crippen LogP contribution in [0.25, 0.3) is 0 Å². The summed E-state index contributed by atoms with van der Waals surface area (Å²) < 4.78 is 1.66. The van der Waals surface area contributed by atoms with Crippen molar-refractivity contribution in [2.45, 2.75) is 25.9 Å². The molecule has 0 saturated heterocycles. The summed E-state index contributed by atoms with van der Waals surface area (Å²) in [5.74, 6) is 0. The highest BCUT2D eigenvalue weighted by Gasteiger charge is 2.00. The Morgan fingerprint density at radius 3 is 2.91 bits per heavy atom. The minimum Gasteiger partial charge on any atom is -0.393 e. The fraction of sp³-hybridized carbons (Fsp3) is 0.714. The summed E-state index contributed by atoms with van der Waals surface area (Å²) in [5, 5.41) is 16.6. The molecule has 62 valence electrons. The van der Waals surface area contributed by atoms with Crippen molar-refractivity contribution >= 4 is 0 Å². The van der Waals surface area contributed by atoms with Crippen LogP contribution in [0.1, 0.15) is 19.0 Å². The Balaban J connectivity index is 2.39. The molecule has 0 spiro atoms. The molecule has 11 heavy (non-hydrogen) atoms. The Morgan fingerprint density at radius 2 is 2.45 bits per heavy atom. The first-order chi connectivity index (χ1) is 5.18. The van der Waals surface area contributed by atoms with E-state index in [9.17, 15) is 0 Å². The topological polar surface area (TPSA) is 50.9 Å². The lowest BCUT2D eigenvalue weighted by Gasteiger charge is -1.98. The van der Waals surface area contributed by atoms with E-state index in [2.05, 4.69) is 10.3 Å². The minimum atomic E-state index is -0.253. The van der Waals surface area contributed by atoms with Crippen LogP contribution in [-0.4, -0.2) is 26.2 Å². The maximum Gasteiger partial charge on any atom is 0.0828 e. The smallest absolute Gasteiger partial charge is 0.0828 e. The highest BCUT2D eigenvalue weighted by atomic mass is 16.3. The Morgan fingerprint density at radius 1 is 1.73 bits per heavy atom. The van der Waals surface area contributed by atoms with Gasteiger partial charge in [-0.2, -0.15) is 0 Å². The van der Waals surface area contributed by atoms with E-state index in [4.69, 9.17) is 5.11 Å². The van der Waals surface area contributed by atoms with Crippen LogP contribution in [0, 0.1) is 0 Å². The maximum absolute atomic E-state index is 8.97. The molecule has 0 bridgehead atoms. The van der Waals surface area contributed by atoms with Crippen LogP contribution in [-0.2, 0) is 13.5 Å². The van der Waals surface area contributed by atoms with E-state index in [0.29, 0.717) is 0 Å². The van der Waals surface area contributed by atoms with Gasteiger partial charge in [-0.3, -0.25) is 4.68 Å². The van der Waals surface area contributed by atoms with E-state index in [0.717, 1.165) is 18.5 Å². The second-order valence-corrected chi connectivity index (χ2v) is 2.77. The highest BCUT2D eigenvalue weighted by Crippen LogP contribution is 1.99. The summed E-state index contributed by atoms with van der Waals surface area (Å²) in [6, 6.07) is 0. The van der Waals surface area contributed by atoms with Gasteiger partial charge in [0.15, 0.2) is 0 Å². The summed E-state index contributed by atoms with van der Waals surface area (Å²) in [6.45, 7) is 1.77. The van der Waals surface area contributed by atoms with Crippen LogP contribution < -0.4 is 0 Å². The second-order valence-electron chi connectivity index (χ2n) is 2.77. The first-order valence-electron chi connectivity index (χ1n) is 3.72. The van der Waals surface area contributed by atoms with Crippen LogP contribution >= 0.6 is 0 Å². The molecule has 0 saturated carbocycles. The highest BCUT2D eigenvalue weighted by molar-refractivity contribution is 4.91. The van der Waals surface area contributed by atoms with Gasteiger partial charge in [-0.05, 0) is 19.8 Å². The van der Waals surface area contributed by atoms with Crippen molar-refractivity contribution in [3.05, 3.63) is 11.9 Å². The Labute approximate surface area is 65.8 Å². The van der Waals surface area contributed by atoms with E-state index in [-0.39, 0.29) is 6.10 Å². The second kappa shape index (κ2) is 3.48. The number of rotatable bonds is 3. The first-order valence-corrected chi connectivity index (χ1v) is 3.72. The van der Waals surface area contributed by atoms with Crippen molar-refractivity contribution in [3.8, 4) is 0 Å². The summed E-state index contributed by atoms with van der Waals surface area (Å²) in [7, 11) is 1.83. The zero-order valence-electron chi connectivity index (χ0n) is 6.86. The lowest BCUT2D eigenvalue weighted by atomic mass is 10.2. The van der Waals surface area contributed by atoms with Gasteiger partial charge >= 0.3 is 0 Å². The molecule has 1 aromatic rings. The largest absolute Gasteiger partial charge is 0.393 e. The first kappa shape index (κ1) is 8.20. The number of hydrogen-bond acceptors (Lipinski definition) is 3. The number of hydrogen-bond donors (Lipinski definition) is 1. The molecule has 4 nitrogen and oxygen atoms in total. The molecule has 1 rings (SSSR count). The van der Waals surface area contributed by atoms with E-state index in [1.165, 1.54) is 0 Å². The standard InChI is InChI=1S/C7H13N3O/c1-6(11)3-4-7-5-10(2)9-8-7/h5-6,11H,3-4H2,1-2H3/t6-/m1/s1. The van der Waals surface area contributed by atoms with Crippen molar-refractivity contribution in [2.24, 2.45) is 7.05 Å². The van der Waals surface area contributed by atoms with Gasteiger partial charge in [0.05, 0.1) is 11.8 Å². The van der Waals surface area contributed by atoms with Crippen LogP contribution in [0.4, 0.5) is 0 Å². The molecule has 1 N–H and O–H groups in total. The third kappa shape index (κ3) is 2.67. The van der Waals surface area contributed by atoms with Gasteiger partial charge in [0.2, 0.25) is 0 Å². The third-order valence-electron chi connectivity index (χ3n) is 1.47. The SMILES string of the molecule is C[C@@H](O)CCc1cn(C)nn1. The number of nitrogens with zero attached hydrogens (tertiary/aromatic N) is 3. The van der Waals surface area contributed by atoms with Gasteiger partial charge < -0.3 is 5.11 Å². The molecular weight excluding hydrogens is 142 g/mol. The monoisotopic (exact) mass is 155 g/mol. The lowest BCUT2D eigenvalue weighted by molar-refractivity contribution is 0.184. The molecule has 0 radical (unpaired) electrons. The third-order valence-corrected chi connectivity index (χ3v) is 1.47. The van der Waals surface area contributed by atoms with Crippen molar-refractivity contribution in [1.82, 2.24) is 15.0 Å². The van der Waals surface area contributed by atoms with Crippen LogP contribution in [0.2, 0.25) is 0 Å². The summed E-state index contributed by atoms with van der Waals surface area (Å²) >= 11 is 0. The fourth-order valence-electron chi connectivity index (χ4n) is 0.867. The van der Waals surface area contributed by atoms with Gasteiger partial charge in [0, 0.05) is 13.2 Å². The summed E-state index contributed by atoms with van der Waals surface area (Å²) in [4.78, 5) is 0. The molecule has 0 fully saturated rings. The van der Waals surface area contributed by atoms with Crippen LogP contribution in [0.15, 0.2) is 6.20 Å². The lowest BCUT2D eigenvalue weighted by Crippen LogP contribution is -2.01. The van der Waals surface area contributed by atoms with E-state index >= 15 is 0 Å². The molecule has 0 unspecified atom stereocenters. The minimum absolute atomic E-state index is 0.253. The van der Waals surface area contributed by atoms with Gasteiger partial charge in [-0.15, -0.1) is 5.10 Å². The number of aromatic nitrogens is 3. The Hall–Kier alpha value is -0.900. The molecule has 1 heterocycles. The van der Waals surface area contributed by atoms with E-state index in [1.54, 1.807) is 11.6 Å². The zero-order chi connectivity index (χ0) is 8.27. The molecule has 0 aliphatic heterocycles. The fourth-order valence-corrected chi connectivity index (χ4v) is 0.867. The van der Waals surface area contributed by atoms with Crippen LogP contribution in [0.5, 0.6) is 0 Å². The normalized spacial score (nSPS) is 13.4. The molecule has 0 amide bonds. The summed E-state index contributed by atoms with van der Waals surface area (Å²) in [6.07, 6.45) is 3.16. The van der Waals surface area contributed by atoms with Gasteiger partial charge in [-0.1, -0.05) is 5.21 Å². The number of aliphatic hydroxyl groups is 1. The van der Waals surface area contributed by atoms with Crippen LogP contribution in [0.3, 0.4) is 0 Å². The maximum atomic E-state index is 8.97. The van der Waals surface area contributed by atoms with Crippen molar-refractivity contribution in [2.75, 3.05) is 0 Å². The average Bonchev–Trinajstić information content (AvgIpc) is 2.31. The molecule has 0 aliphatic rings. The molecule has 1 atom stereocenters. The molecular formula is C7H13N3O. The quantitative estimate of drug-likeness (QED) is 0.675. The van der Waals surface area contributed by atoms with Crippen molar-refractivity contribution in [3.63, 3.8) is 0 Å². The molecule has 1 aromatic heterocycles. The zero-order valence-corrected chi connectivity index (χ0v) is 6.86. The van der Waals surface area contributed by atoms with Crippen molar-refractivity contribution < 1.29 is 5.11 Å². The van der Waals surface area contributed by atoms with Gasteiger partial charge in [-0.25, -0.2) is 0 Å². The average molecular weight is 155 g/mol. The van der Waals surface area contributed by atoms with E-state index in [1.807, 2.05) is 13.2 Å².